The summed E-state index contributed by atoms with van der Waals surface area (Å²) in [6.45, 7) is 0. The number of carbonyl (C=O) groups is 1. The molecule has 1 atom stereocenters. The van der Waals surface area contributed by atoms with Crippen LogP contribution in [0.3, 0.4) is 0 Å². The van der Waals surface area contributed by atoms with Gasteiger partial charge in [-0.25, -0.2) is 4.68 Å². The average molecular weight is 332 g/mol. The predicted molar refractivity (Wildman–Crippen MR) is 94.7 cm³/mol. The number of rotatable bonds is 4. The van der Waals surface area contributed by atoms with Crippen LogP contribution in [0.2, 0.25) is 0 Å². The molecule has 1 aliphatic rings. The maximum absolute atomic E-state index is 12.4. The number of hydrogen-bond donors (Lipinski definition) is 1. The highest BCUT2D eigenvalue weighted by Crippen LogP contribution is 2.19. The van der Waals surface area contributed by atoms with Gasteiger partial charge in [0.15, 0.2) is 0 Å². The molecule has 6 heteroatoms. The Kier molecular flexibility index (Phi) is 4.00. The number of benzene rings is 2. The number of nitrogens with zero attached hydrogens (tertiary/aromatic N) is 3. The van der Waals surface area contributed by atoms with Crippen LogP contribution in [0.15, 0.2) is 78.2 Å². The minimum Gasteiger partial charge on any atom is -0.382 e. The maximum Gasteiger partial charge on any atom is 0.268 e. The summed E-state index contributed by atoms with van der Waals surface area (Å²) in [7, 11) is 0. The van der Waals surface area contributed by atoms with Crippen molar-refractivity contribution in [1.82, 2.24) is 9.78 Å². The van der Waals surface area contributed by atoms with E-state index >= 15 is 0 Å². The van der Waals surface area contributed by atoms with Crippen LogP contribution in [0.5, 0.6) is 0 Å². The molecule has 1 amide bonds. The Morgan fingerprint density at radius 2 is 1.88 bits per heavy atom. The van der Waals surface area contributed by atoms with Crippen molar-refractivity contribution < 1.29 is 9.63 Å². The second-order valence-electron chi connectivity index (χ2n) is 5.69. The molecular weight excluding hydrogens is 316 g/mol. The fraction of sp³-hybridized carbons (Fsp3) is 0.105. The first-order valence-corrected chi connectivity index (χ1v) is 7.99. The second kappa shape index (κ2) is 6.60. The normalized spacial score (nSPS) is 16.2. The van der Waals surface area contributed by atoms with E-state index in [1.54, 1.807) is 10.9 Å². The zero-order valence-corrected chi connectivity index (χ0v) is 13.4. The van der Waals surface area contributed by atoms with E-state index in [0.29, 0.717) is 12.1 Å². The molecule has 0 radical (unpaired) electrons. The molecule has 25 heavy (non-hydrogen) atoms. The fourth-order valence-electron chi connectivity index (χ4n) is 2.66. The van der Waals surface area contributed by atoms with E-state index in [2.05, 4.69) is 15.6 Å². The van der Waals surface area contributed by atoms with E-state index in [1.165, 1.54) is 0 Å². The zero-order chi connectivity index (χ0) is 17.1. The summed E-state index contributed by atoms with van der Waals surface area (Å²) >= 11 is 0. The van der Waals surface area contributed by atoms with Crippen molar-refractivity contribution in [3.63, 3.8) is 0 Å². The summed E-state index contributed by atoms with van der Waals surface area (Å²) in [5, 5.41) is 11.1. The number of anilines is 1. The first-order chi connectivity index (χ1) is 12.3. The van der Waals surface area contributed by atoms with E-state index in [0.717, 1.165) is 17.0 Å². The molecule has 2 aromatic carbocycles. The molecule has 4 rings (SSSR count). The number of aromatic nitrogens is 2. The average Bonchev–Trinajstić information content (AvgIpc) is 3.35. The fourth-order valence-corrected chi connectivity index (χ4v) is 2.66. The molecule has 0 spiro atoms. The van der Waals surface area contributed by atoms with Crippen LogP contribution in [0.25, 0.3) is 5.69 Å². The summed E-state index contributed by atoms with van der Waals surface area (Å²) in [5.74, 6) is -0.207. The standard InChI is InChI=1S/C19H16N4O2/c24-19(18-13-17(22-25-18)14-5-2-1-3-6-14)21-15-7-9-16(10-8-15)23-12-4-11-20-23/h1-12,18H,13H2,(H,21,24). The van der Waals surface area contributed by atoms with Crippen LogP contribution >= 0.6 is 0 Å². The largest absolute Gasteiger partial charge is 0.382 e. The lowest BCUT2D eigenvalue weighted by atomic mass is 10.0. The Balaban J connectivity index is 1.38. The van der Waals surface area contributed by atoms with Gasteiger partial charge in [0.1, 0.15) is 0 Å². The SMILES string of the molecule is O=C(Nc1ccc(-n2cccn2)cc1)C1CC(c2ccccc2)=NO1. The first-order valence-electron chi connectivity index (χ1n) is 7.99. The predicted octanol–water partition coefficient (Wildman–Crippen LogP) is 3.00. The molecule has 0 saturated heterocycles. The quantitative estimate of drug-likeness (QED) is 0.798. The Labute approximate surface area is 144 Å². The monoisotopic (exact) mass is 332 g/mol. The third kappa shape index (κ3) is 3.28. The molecule has 0 bridgehead atoms. The van der Waals surface area contributed by atoms with Gasteiger partial charge in [-0.05, 0) is 35.9 Å². The summed E-state index contributed by atoms with van der Waals surface area (Å²) in [6, 6.07) is 19.0. The minimum absolute atomic E-state index is 0.207. The molecule has 6 nitrogen and oxygen atoms in total. The Bertz CT molecular complexity index is 887. The molecular formula is C19H16N4O2. The van der Waals surface area contributed by atoms with Crippen LogP contribution in [-0.4, -0.2) is 27.5 Å². The van der Waals surface area contributed by atoms with E-state index in [4.69, 9.17) is 4.84 Å². The van der Waals surface area contributed by atoms with Crippen LogP contribution in [0.4, 0.5) is 5.69 Å². The molecule has 3 aromatic rings. The van der Waals surface area contributed by atoms with Gasteiger partial charge < -0.3 is 10.2 Å². The molecule has 1 aromatic heterocycles. The Morgan fingerprint density at radius 3 is 2.60 bits per heavy atom. The van der Waals surface area contributed by atoms with E-state index in [9.17, 15) is 4.79 Å². The number of amides is 1. The van der Waals surface area contributed by atoms with Gasteiger partial charge in [0.25, 0.3) is 5.91 Å². The minimum atomic E-state index is -0.610. The number of oxime groups is 1. The van der Waals surface area contributed by atoms with Gasteiger partial charge in [0.2, 0.25) is 6.10 Å². The lowest BCUT2D eigenvalue weighted by Crippen LogP contribution is -2.28. The van der Waals surface area contributed by atoms with Crippen molar-refractivity contribution in [1.29, 1.82) is 0 Å². The van der Waals surface area contributed by atoms with E-state index in [1.807, 2.05) is 66.9 Å². The summed E-state index contributed by atoms with van der Waals surface area (Å²) in [5.41, 5.74) is 3.39. The van der Waals surface area contributed by atoms with E-state index < -0.39 is 6.10 Å². The third-order valence-electron chi connectivity index (χ3n) is 3.97. The Morgan fingerprint density at radius 1 is 1.08 bits per heavy atom. The van der Waals surface area contributed by atoms with Crippen LogP contribution in [-0.2, 0) is 9.63 Å². The van der Waals surface area contributed by atoms with Gasteiger partial charge in [0, 0.05) is 24.5 Å². The molecule has 124 valence electrons. The van der Waals surface area contributed by atoms with Gasteiger partial charge in [0.05, 0.1) is 11.4 Å². The summed E-state index contributed by atoms with van der Waals surface area (Å²) in [4.78, 5) is 17.7. The molecule has 0 fully saturated rings. The van der Waals surface area contributed by atoms with Gasteiger partial charge in [-0.3, -0.25) is 4.79 Å². The Hall–Kier alpha value is -3.41. The molecule has 1 N–H and O–H groups in total. The number of nitrogens with one attached hydrogen (secondary N) is 1. The second-order valence-corrected chi connectivity index (χ2v) is 5.69. The van der Waals surface area contributed by atoms with Crippen molar-refractivity contribution in [3.05, 3.63) is 78.6 Å². The van der Waals surface area contributed by atoms with Crippen molar-refractivity contribution in [2.75, 3.05) is 5.32 Å². The van der Waals surface area contributed by atoms with Crippen molar-refractivity contribution in [2.24, 2.45) is 5.16 Å². The topological polar surface area (TPSA) is 68.5 Å². The highest BCUT2D eigenvalue weighted by atomic mass is 16.6. The number of hydrogen-bond acceptors (Lipinski definition) is 4. The summed E-state index contributed by atoms with van der Waals surface area (Å²) in [6.07, 6.45) is 3.43. The van der Waals surface area contributed by atoms with Crippen molar-refractivity contribution in [3.8, 4) is 5.69 Å². The molecule has 0 saturated carbocycles. The number of carbonyl (C=O) groups excluding carboxylic acids is 1. The van der Waals surface area contributed by atoms with Crippen LogP contribution in [0, 0.1) is 0 Å². The zero-order valence-electron chi connectivity index (χ0n) is 13.4. The van der Waals surface area contributed by atoms with Crippen molar-refractivity contribution >= 4 is 17.3 Å². The highest BCUT2D eigenvalue weighted by Gasteiger charge is 2.28. The molecule has 1 aliphatic heterocycles. The molecule has 1 unspecified atom stereocenters. The lowest BCUT2D eigenvalue weighted by molar-refractivity contribution is -0.125. The maximum atomic E-state index is 12.4. The summed E-state index contributed by atoms with van der Waals surface area (Å²) < 4.78 is 1.76. The van der Waals surface area contributed by atoms with Gasteiger partial charge in [-0.15, -0.1) is 0 Å². The van der Waals surface area contributed by atoms with Crippen LogP contribution in [0.1, 0.15) is 12.0 Å². The van der Waals surface area contributed by atoms with Crippen molar-refractivity contribution in [2.45, 2.75) is 12.5 Å². The van der Waals surface area contributed by atoms with Gasteiger partial charge in [-0.1, -0.05) is 35.5 Å². The smallest absolute Gasteiger partial charge is 0.268 e. The molecule has 2 heterocycles. The molecule has 0 aliphatic carbocycles. The van der Waals surface area contributed by atoms with Crippen LogP contribution < -0.4 is 5.32 Å². The van der Waals surface area contributed by atoms with E-state index in [-0.39, 0.29) is 5.91 Å². The first kappa shape index (κ1) is 15.1. The van der Waals surface area contributed by atoms with Gasteiger partial charge >= 0.3 is 0 Å². The van der Waals surface area contributed by atoms with Gasteiger partial charge in [-0.2, -0.15) is 5.10 Å². The third-order valence-corrected chi connectivity index (χ3v) is 3.97. The highest BCUT2D eigenvalue weighted by molar-refractivity contribution is 6.06. The lowest BCUT2D eigenvalue weighted by Gasteiger charge is -2.10.